The summed E-state index contributed by atoms with van der Waals surface area (Å²) in [7, 11) is 0. The van der Waals surface area contributed by atoms with E-state index in [9.17, 15) is 14.7 Å². The van der Waals surface area contributed by atoms with Gasteiger partial charge in [-0.25, -0.2) is 4.90 Å². The van der Waals surface area contributed by atoms with Crippen LogP contribution in [-0.4, -0.2) is 23.1 Å². The van der Waals surface area contributed by atoms with Gasteiger partial charge in [-0.15, -0.1) is 0 Å². The lowest BCUT2D eigenvalue weighted by atomic mass is 10.2. The van der Waals surface area contributed by atoms with Crippen molar-refractivity contribution in [2.45, 2.75) is 19.0 Å². The highest BCUT2D eigenvalue weighted by molar-refractivity contribution is 14.1. The maximum Gasteiger partial charge on any atom is 0.253 e. The number of amides is 2. The second kappa shape index (κ2) is 7.68. The minimum absolute atomic E-state index is 0.0234. The number of hydrogen-bond donors (Lipinski definition) is 1. The van der Waals surface area contributed by atoms with Gasteiger partial charge in [-0.2, -0.15) is 0 Å². The first-order chi connectivity index (χ1) is 13.5. The smallest absolute Gasteiger partial charge is 0.253 e. The van der Waals surface area contributed by atoms with E-state index in [1.807, 2.05) is 30.3 Å². The van der Waals surface area contributed by atoms with Gasteiger partial charge in [-0.1, -0.05) is 18.2 Å². The lowest BCUT2D eigenvalue weighted by molar-refractivity contribution is -0.677. The molecule has 1 N–H and O–H groups in total. The average Bonchev–Trinajstić information content (AvgIpc) is 3.20. The van der Waals surface area contributed by atoms with Crippen molar-refractivity contribution in [1.82, 2.24) is 10.6 Å². The van der Waals surface area contributed by atoms with Crippen molar-refractivity contribution in [3.05, 3.63) is 63.9 Å². The molecule has 28 heavy (non-hydrogen) atoms. The number of nitrogens with zero attached hydrogens (tertiary/aromatic N) is 3. The molecule has 1 aliphatic rings. The van der Waals surface area contributed by atoms with Crippen LogP contribution in [0.25, 0.3) is 5.69 Å². The predicted molar refractivity (Wildman–Crippen MR) is 104 cm³/mol. The monoisotopic (exact) mass is 490 g/mol. The lowest BCUT2D eigenvalue weighted by Gasteiger charge is -2.15. The van der Waals surface area contributed by atoms with Gasteiger partial charge in [0.1, 0.15) is 0 Å². The summed E-state index contributed by atoms with van der Waals surface area (Å²) in [5, 5.41) is 18.8. The molecule has 2 amide bonds. The Balaban J connectivity index is 1.51. The van der Waals surface area contributed by atoms with Crippen LogP contribution in [0.3, 0.4) is 0 Å². The van der Waals surface area contributed by atoms with Crippen LogP contribution in [-0.2, 0) is 16.1 Å². The molecule has 9 heteroatoms. The maximum absolute atomic E-state index is 12.7. The molecular formula is C19H15IN4O4. The fourth-order valence-corrected chi connectivity index (χ4v) is 3.42. The number of benzene rings is 2. The third kappa shape index (κ3) is 3.50. The summed E-state index contributed by atoms with van der Waals surface area (Å²) in [4.78, 5) is 26.3. The summed E-state index contributed by atoms with van der Waals surface area (Å²) >= 11 is 2.16. The molecule has 0 bridgehead atoms. The second-order valence-electron chi connectivity index (χ2n) is 6.24. The van der Waals surface area contributed by atoms with Gasteiger partial charge >= 0.3 is 0 Å². The van der Waals surface area contributed by atoms with Crippen molar-refractivity contribution in [1.29, 1.82) is 0 Å². The Morgan fingerprint density at radius 2 is 1.89 bits per heavy atom. The third-order valence-electron chi connectivity index (χ3n) is 4.44. The Labute approximate surface area is 173 Å². The van der Waals surface area contributed by atoms with Gasteiger partial charge in [-0.3, -0.25) is 14.9 Å². The highest BCUT2D eigenvalue weighted by Crippen LogP contribution is 2.24. The van der Waals surface area contributed by atoms with Crippen molar-refractivity contribution in [3.8, 4) is 11.6 Å². The molecule has 1 aliphatic heterocycles. The number of aromatic nitrogens is 2. The van der Waals surface area contributed by atoms with Crippen LogP contribution >= 0.6 is 22.6 Å². The number of carbonyl (C=O) groups is 2. The molecule has 0 aliphatic carbocycles. The molecular weight excluding hydrogens is 475 g/mol. The Bertz CT molecular complexity index is 1020. The molecule has 0 spiro atoms. The molecule has 1 atom stereocenters. The summed E-state index contributed by atoms with van der Waals surface area (Å²) in [5.41, 5.74) is 1.45. The van der Waals surface area contributed by atoms with Crippen LogP contribution in [0.1, 0.15) is 12.1 Å². The predicted octanol–water partition coefficient (Wildman–Crippen LogP) is 1.05. The van der Waals surface area contributed by atoms with Crippen LogP contribution in [0.15, 0.2) is 59.1 Å². The minimum Gasteiger partial charge on any atom is -0.539 e. The van der Waals surface area contributed by atoms with Crippen molar-refractivity contribution in [2.24, 2.45) is 0 Å². The van der Waals surface area contributed by atoms with Crippen LogP contribution in [0.5, 0.6) is 5.95 Å². The summed E-state index contributed by atoms with van der Waals surface area (Å²) in [6.45, 7) is 0.0431. The van der Waals surface area contributed by atoms with Gasteiger partial charge in [0, 0.05) is 15.7 Å². The van der Waals surface area contributed by atoms with Gasteiger partial charge in [-0.05, 0) is 51.5 Å². The van der Waals surface area contributed by atoms with Gasteiger partial charge in [0.15, 0.2) is 5.95 Å². The van der Waals surface area contributed by atoms with Crippen molar-refractivity contribution < 1.29 is 23.9 Å². The summed E-state index contributed by atoms with van der Waals surface area (Å²) in [6.07, 6.45) is 0.0234. The van der Waals surface area contributed by atoms with Gasteiger partial charge in [0.25, 0.3) is 11.6 Å². The number of halogens is 1. The normalized spacial score (nSPS) is 16.8. The lowest BCUT2D eigenvalue weighted by Crippen LogP contribution is -2.43. The summed E-state index contributed by atoms with van der Waals surface area (Å²) < 4.78 is 7.16. The molecule has 0 saturated carbocycles. The van der Waals surface area contributed by atoms with Crippen LogP contribution < -0.4 is 20.0 Å². The third-order valence-corrected chi connectivity index (χ3v) is 5.16. The second-order valence-corrected chi connectivity index (χ2v) is 7.48. The molecule has 1 fully saturated rings. The Morgan fingerprint density at radius 3 is 2.61 bits per heavy atom. The molecule has 3 aromatic rings. The number of carbonyl (C=O) groups excluding carboxylic acids is 2. The first kappa shape index (κ1) is 18.6. The number of imide groups is 1. The van der Waals surface area contributed by atoms with Crippen LogP contribution in [0.2, 0.25) is 0 Å². The highest BCUT2D eigenvalue weighted by atomic mass is 127. The van der Waals surface area contributed by atoms with E-state index in [0.29, 0.717) is 11.4 Å². The molecule has 1 aromatic heterocycles. The van der Waals surface area contributed by atoms with E-state index < -0.39 is 12.0 Å². The fourth-order valence-electron chi connectivity index (χ4n) is 3.06. The van der Waals surface area contributed by atoms with Gasteiger partial charge < -0.3 is 9.63 Å². The molecule has 4 rings (SSSR count). The molecule has 142 valence electrons. The molecule has 1 unspecified atom stereocenters. The van der Waals surface area contributed by atoms with Crippen LogP contribution in [0.4, 0.5) is 5.69 Å². The Morgan fingerprint density at radius 1 is 1.18 bits per heavy atom. The zero-order valence-electron chi connectivity index (χ0n) is 14.5. The van der Waals surface area contributed by atoms with Crippen molar-refractivity contribution in [2.75, 3.05) is 4.90 Å². The molecule has 0 radical (unpaired) electrons. The topological polar surface area (TPSA) is 102 Å². The zero-order chi connectivity index (χ0) is 19.7. The Hall–Kier alpha value is -2.79. The number of rotatable bonds is 5. The van der Waals surface area contributed by atoms with E-state index in [4.69, 9.17) is 4.52 Å². The molecule has 8 nitrogen and oxygen atoms in total. The average molecular weight is 490 g/mol. The molecule has 2 aromatic carbocycles. The number of hydrogen-bond acceptors (Lipinski definition) is 6. The Kier molecular flexibility index (Phi) is 5.09. The maximum atomic E-state index is 12.7. The van der Waals surface area contributed by atoms with Crippen molar-refractivity contribution >= 4 is 40.1 Å². The largest absolute Gasteiger partial charge is 0.539 e. The summed E-state index contributed by atoms with van der Waals surface area (Å²) in [6, 6.07) is 15.5. The van der Waals surface area contributed by atoms with Gasteiger partial charge in [0.2, 0.25) is 11.6 Å². The SMILES string of the molecule is O=C1CC(NCc2c([O-])on[n+]2-c2ccccc2)C(=O)N1c1ccc(I)cc1. The van der Waals surface area contributed by atoms with Crippen molar-refractivity contribution in [3.63, 3.8) is 0 Å². The van der Waals surface area contributed by atoms with E-state index >= 15 is 0 Å². The highest BCUT2D eigenvalue weighted by Gasteiger charge is 2.39. The standard InChI is InChI=1S/C19H15IN4O4/c20-12-6-8-13(9-7-12)23-17(25)10-15(18(23)26)21-11-16-19(27)28-22-24(16)14-4-2-1-3-5-14/h1-9,15,21H,10-11H2. The van der Waals surface area contributed by atoms with E-state index in [1.54, 1.807) is 24.3 Å². The number of nitrogens with one attached hydrogen (secondary N) is 1. The first-order valence-corrected chi connectivity index (χ1v) is 9.61. The van der Waals surface area contributed by atoms with E-state index in [-0.39, 0.29) is 30.5 Å². The summed E-state index contributed by atoms with van der Waals surface area (Å²) in [5.74, 6) is -1.23. The molecule has 1 saturated heterocycles. The minimum atomic E-state index is -0.717. The first-order valence-electron chi connectivity index (χ1n) is 8.53. The number of anilines is 1. The van der Waals surface area contributed by atoms with Gasteiger partial charge in [0.05, 0.1) is 30.0 Å². The van der Waals surface area contributed by atoms with E-state index in [2.05, 4.69) is 33.2 Å². The fraction of sp³-hybridized carbons (Fsp3) is 0.158. The number of para-hydroxylation sites is 1. The zero-order valence-corrected chi connectivity index (χ0v) is 16.7. The quantitative estimate of drug-likeness (QED) is 0.326. The van der Waals surface area contributed by atoms with Crippen LogP contribution in [0, 0.1) is 3.57 Å². The molecule has 2 heterocycles. The van der Waals surface area contributed by atoms with E-state index in [0.717, 1.165) is 3.57 Å². The van der Waals surface area contributed by atoms with E-state index in [1.165, 1.54) is 9.58 Å².